The maximum atomic E-state index is 6.36. The molecule has 1 aliphatic rings. The third-order valence-electron chi connectivity index (χ3n) is 5.71. The lowest BCUT2D eigenvalue weighted by molar-refractivity contribution is -0.933. The van der Waals surface area contributed by atoms with E-state index in [4.69, 9.17) is 5.73 Å². The molecule has 0 aliphatic carbocycles. The van der Waals surface area contributed by atoms with Crippen LogP contribution in [0.4, 0.5) is 0 Å². The molecule has 0 saturated carbocycles. The van der Waals surface area contributed by atoms with Gasteiger partial charge in [0.2, 0.25) is 0 Å². The summed E-state index contributed by atoms with van der Waals surface area (Å²) >= 11 is 0. The van der Waals surface area contributed by atoms with Gasteiger partial charge < -0.3 is 10.2 Å². The van der Waals surface area contributed by atoms with Crippen molar-refractivity contribution in [2.75, 3.05) is 26.2 Å². The van der Waals surface area contributed by atoms with Crippen LogP contribution in [0.5, 0.6) is 0 Å². The standard InChI is InChI=1S/C23H33N2/c24-23-16-9-19-25(20-23,17-7-14-21-10-3-1-4-11-21)18-8-15-22-12-5-2-6-13-22/h1-6,10-13,23H,7-9,14-20,24H2/q+1. The van der Waals surface area contributed by atoms with E-state index in [1.54, 1.807) is 0 Å². The zero-order valence-electron chi connectivity index (χ0n) is 15.4. The van der Waals surface area contributed by atoms with Crippen molar-refractivity contribution < 1.29 is 4.48 Å². The number of rotatable bonds is 8. The van der Waals surface area contributed by atoms with Gasteiger partial charge in [0.15, 0.2) is 0 Å². The molecule has 25 heavy (non-hydrogen) atoms. The first-order valence-electron chi connectivity index (χ1n) is 9.94. The minimum absolute atomic E-state index is 0.391. The Labute approximate surface area is 153 Å². The molecule has 3 rings (SSSR count). The molecule has 2 N–H and O–H groups in total. The van der Waals surface area contributed by atoms with Gasteiger partial charge in [-0.25, -0.2) is 0 Å². The molecule has 1 saturated heterocycles. The summed E-state index contributed by atoms with van der Waals surface area (Å²) in [6.07, 6.45) is 7.41. The van der Waals surface area contributed by atoms with Gasteiger partial charge in [0.1, 0.15) is 0 Å². The van der Waals surface area contributed by atoms with Gasteiger partial charge in [-0.05, 0) is 36.8 Å². The first-order chi connectivity index (χ1) is 12.3. The number of benzene rings is 2. The summed E-state index contributed by atoms with van der Waals surface area (Å²) in [5.74, 6) is 0. The zero-order valence-corrected chi connectivity index (χ0v) is 15.4. The Morgan fingerprint density at radius 3 is 1.80 bits per heavy atom. The molecule has 2 aromatic rings. The Kier molecular flexibility index (Phi) is 6.66. The summed E-state index contributed by atoms with van der Waals surface area (Å²) in [6.45, 7) is 5.04. The monoisotopic (exact) mass is 337 g/mol. The minimum atomic E-state index is 0.391. The molecule has 0 radical (unpaired) electrons. The van der Waals surface area contributed by atoms with Crippen molar-refractivity contribution in [3.63, 3.8) is 0 Å². The highest BCUT2D eigenvalue weighted by Crippen LogP contribution is 2.21. The van der Waals surface area contributed by atoms with Crippen molar-refractivity contribution in [3.8, 4) is 0 Å². The summed E-state index contributed by atoms with van der Waals surface area (Å²) in [6, 6.07) is 22.2. The Bertz CT molecular complexity index is 563. The zero-order chi connectivity index (χ0) is 17.4. The third kappa shape index (κ3) is 5.69. The van der Waals surface area contributed by atoms with Crippen molar-refractivity contribution in [1.82, 2.24) is 0 Å². The first-order valence-corrected chi connectivity index (χ1v) is 9.94. The van der Waals surface area contributed by atoms with Crippen LogP contribution in [0.15, 0.2) is 60.7 Å². The fourth-order valence-electron chi connectivity index (χ4n) is 4.41. The number of quaternary nitrogens is 1. The van der Waals surface area contributed by atoms with Crippen LogP contribution in [0.2, 0.25) is 0 Å². The molecule has 1 fully saturated rings. The van der Waals surface area contributed by atoms with E-state index in [2.05, 4.69) is 60.7 Å². The summed E-state index contributed by atoms with van der Waals surface area (Å²) in [4.78, 5) is 0. The SMILES string of the molecule is NC1CCC[N+](CCCc2ccccc2)(CCCc2ccccc2)C1. The van der Waals surface area contributed by atoms with Crippen LogP contribution in [-0.4, -0.2) is 36.7 Å². The van der Waals surface area contributed by atoms with Crippen molar-refractivity contribution in [2.24, 2.45) is 5.73 Å². The van der Waals surface area contributed by atoms with Gasteiger partial charge in [-0.1, -0.05) is 60.7 Å². The highest BCUT2D eigenvalue weighted by molar-refractivity contribution is 5.15. The normalized spacial score (nSPS) is 19.6. The molecule has 2 aromatic carbocycles. The van der Waals surface area contributed by atoms with E-state index in [0.717, 1.165) is 0 Å². The molecule has 0 amide bonds. The molecule has 0 bridgehead atoms. The molecular weight excluding hydrogens is 304 g/mol. The highest BCUT2D eigenvalue weighted by atomic mass is 15.4. The minimum Gasteiger partial charge on any atom is -0.323 e. The van der Waals surface area contributed by atoms with Crippen molar-refractivity contribution >= 4 is 0 Å². The van der Waals surface area contributed by atoms with E-state index >= 15 is 0 Å². The molecule has 1 aliphatic heterocycles. The van der Waals surface area contributed by atoms with Crippen LogP contribution in [0.3, 0.4) is 0 Å². The van der Waals surface area contributed by atoms with Crippen LogP contribution in [0.25, 0.3) is 0 Å². The number of likely N-dealkylation sites (tertiary alicyclic amines) is 1. The maximum Gasteiger partial charge on any atom is 0.0940 e. The average Bonchev–Trinajstić information content (AvgIpc) is 2.64. The molecular formula is C23H33N2+. The Morgan fingerprint density at radius 1 is 0.800 bits per heavy atom. The lowest BCUT2D eigenvalue weighted by Crippen LogP contribution is -2.58. The molecule has 134 valence electrons. The van der Waals surface area contributed by atoms with Gasteiger partial charge in [0, 0.05) is 12.8 Å². The predicted molar refractivity (Wildman–Crippen MR) is 106 cm³/mol. The van der Waals surface area contributed by atoms with E-state index in [1.807, 2.05) is 0 Å². The highest BCUT2D eigenvalue weighted by Gasteiger charge is 2.32. The molecule has 2 nitrogen and oxygen atoms in total. The van der Waals surface area contributed by atoms with Gasteiger partial charge in [0.05, 0.1) is 32.2 Å². The number of piperidine rings is 1. The van der Waals surface area contributed by atoms with Gasteiger partial charge in [-0.3, -0.25) is 0 Å². The smallest absolute Gasteiger partial charge is 0.0940 e. The molecule has 0 aromatic heterocycles. The molecule has 1 atom stereocenters. The summed E-state index contributed by atoms with van der Waals surface area (Å²) in [5.41, 5.74) is 9.29. The lowest BCUT2D eigenvalue weighted by Gasteiger charge is -2.44. The topological polar surface area (TPSA) is 26.0 Å². The van der Waals surface area contributed by atoms with Crippen molar-refractivity contribution in [1.29, 1.82) is 0 Å². The first kappa shape index (κ1) is 18.2. The van der Waals surface area contributed by atoms with Crippen LogP contribution < -0.4 is 5.73 Å². The fourth-order valence-corrected chi connectivity index (χ4v) is 4.41. The largest absolute Gasteiger partial charge is 0.323 e. The quantitative estimate of drug-likeness (QED) is 0.718. The van der Waals surface area contributed by atoms with E-state index in [0.29, 0.717) is 6.04 Å². The van der Waals surface area contributed by atoms with E-state index in [9.17, 15) is 0 Å². The number of nitrogens with two attached hydrogens (primary N) is 1. The number of aryl methyl sites for hydroxylation is 2. The van der Waals surface area contributed by atoms with Gasteiger partial charge in [-0.15, -0.1) is 0 Å². The number of hydrogen-bond donors (Lipinski definition) is 1. The van der Waals surface area contributed by atoms with E-state index in [1.165, 1.54) is 80.3 Å². The Morgan fingerprint density at radius 2 is 1.32 bits per heavy atom. The number of nitrogens with zero attached hydrogens (tertiary/aromatic N) is 1. The van der Waals surface area contributed by atoms with E-state index < -0.39 is 0 Å². The van der Waals surface area contributed by atoms with Gasteiger partial charge in [-0.2, -0.15) is 0 Å². The molecule has 1 heterocycles. The summed E-state index contributed by atoms with van der Waals surface area (Å²) < 4.78 is 1.24. The van der Waals surface area contributed by atoms with Gasteiger partial charge in [0.25, 0.3) is 0 Å². The molecule has 2 heteroatoms. The second-order valence-corrected chi connectivity index (χ2v) is 7.78. The maximum absolute atomic E-state index is 6.36. The average molecular weight is 338 g/mol. The molecule has 1 unspecified atom stereocenters. The van der Waals surface area contributed by atoms with Crippen molar-refractivity contribution in [3.05, 3.63) is 71.8 Å². The fraction of sp³-hybridized carbons (Fsp3) is 0.478. The Hall–Kier alpha value is -1.64. The third-order valence-corrected chi connectivity index (χ3v) is 5.71. The van der Waals surface area contributed by atoms with Crippen LogP contribution >= 0.6 is 0 Å². The van der Waals surface area contributed by atoms with Crippen LogP contribution in [0.1, 0.15) is 36.8 Å². The van der Waals surface area contributed by atoms with Gasteiger partial charge >= 0.3 is 0 Å². The second kappa shape index (κ2) is 9.17. The van der Waals surface area contributed by atoms with Crippen molar-refractivity contribution in [2.45, 2.75) is 44.6 Å². The van der Waals surface area contributed by atoms with Crippen LogP contribution in [-0.2, 0) is 12.8 Å². The van der Waals surface area contributed by atoms with E-state index in [-0.39, 0.29) is 0 Å². The second-order valence-electron chi connectivity index (χ2n) is 7.78. The molecule has 0 spiro atoms. The summed E-state index contributed by atoms with van der Waals surface area (Å²) in [7, 11) is 0. The summed E-state index contributed by atoms with van der Waals surface area (Å²) in [5, 5.41) is 0. The number of hydrogen-bond acceptors (Lipinski definition) is 1. The lowest BCUT2D eigenvalue weighted by atomic mass is 10.00. The predicted octanol–water partition coefficient (Wildman–Crippen LogP) is 4.19. The van der Waals surface area contributed by atoms with Crippen LogP contribution in [0, 0.1) is 0 Å². The Balaban J connectivity index is 1.54.